The number of hydrogen-bond donors (Lipinski definition) is 2. The Hall–Kier alpha value is -0.870. The highest BCUT2D eigenvalue weighted by atomic mass is 16.6. The minimum atomic E-state index is -0.603. The van der Waals surface area contributed by atoms with Crippen molar-refractivity contribution in [1.82, 2.24) is 0 Å². The molecule has 0 aromatic rings. The number of rotatable bonds is 7. The monoisotopic (exact) mass is 228 g/mol. The fraction of sp³-hybridized carbons (Fsp3) is 0.750. The summed E-state index contributed by atoms with van der Waals surface area (Å²) in [6, 6.07) is 0. The van der Waals surface area contributed by atoms with Gasteiger partial charge in [0.1, 0.15) is 6.10 Å². The number of cyclic esters (lactones) is 1. The van der Waals surface area contributed by atoms with E-state index in [0.717, 1.165) is 25.7 Å². The Bertz CT molecular complexity index is 247. The van der Waals surface area contributed by atoms with Crippen molar-refractivity contribution in [2.75, 3.05) is 0 Å². The van der Waals surface area contributed by atoms with E-state index in [1.54, 1.807) is 13.0 Å². The van der Waals surface area contributed by atoms with Gasteiger partial charge >= 0.3 is 5.97 Å². The third kappa shape index (κ3) is 4.77. The second-order valence-corrected chi connectivity index (χ2v) is 4.31. The number of aliphatic hydroxyl groups is 2. The molecule has 0 aromatic carbocycles. The molecule has 0 spiro atoms. The van der Waals surface area contributed by atoms with Crippen LogP contribution in [0.2, 0.25) is 0 Å². The highest BCUT2D eigenvalue weighted by Gasteiger charge is 2.23. The fourth-order valence-electron chi connectivity index (χ4n) is 1.73. The van der Waals surface area contributed by atoms with Gasteiger partial charge in [0.2, 0.25) is 0 Å². The predicted molar refractivity (Wildman–Crippen MR) is 59.8 cm³/mol. The second-order valence-electron chi connectivity index (χ2n) is 4.31. The second kappa shape index (κ2) is 6.66. The summed E-state index contributed by atoms with van der Waals surface area (Å²) in [5.41, 5.74) is 0. The molecule has 3 atom stereocenters. The van der Waals surface area contributed by atoms with Gasteiger partial charge in [-0.15, -0.1) is 0 Å². The summed E-state index contributed by atoms with van der Waals surface area (Å²) in [5, 5.41) is 18.7. The summed E-state index contributed by atoms with van der Waals surface area (Å²) in [5.74, 6) is -0.377. The normalized spacial score (nSPS) is 23.2. The molecule has 1 aliphatic heterocycles. The molecule has 2 N–H and O–H groups in total. The number of carbonyl (C=O) groups excluding carboxylic acids is 1. The van der Waals surface area contributed by atoms with E-state index in [9.17, 15) is 9.90 Å². The van der Waals surface area contributed by atoms with E-state index in [0.29, 0.717) is 6.42 Å². The minimum Gasteiger partial charge on any atom is -0.452 e. The van der Waals surface area contributed by atoms with E-state index < -0.39 is 12.2 Å². The number of hydrogen-bond acceptors (Lipinski definition) is 4. The van der Waals surface area contributed by atoms with Crippen molar-refractivity contribution in [3.63, 3.8) is 0 Å². The van der Waals surface area contributed by atoms with Crippen LogP contribution in [-0.2, 0) is 9.53 Å². The van der Waals surface area contributed by atoms with Gasteiger partial charge in [0.15, 0.2) is 0 Å². The minimum absolute atomic E-state index is 0.247. The van der Waals surface area contributed by atoms with Crippen molar-refractivity contribution in [3.8, 4) is 0 Å². The molecule has 0 saturated heterocycles. The van der Waals surface area contributed by atoms with Crippen molar-refractivity contribution < 1.29 is 19.7 Å². The van der Waals surface area contributed by atoms with Crippen molar-refractivity contribution >= 4 is 5.97 Å². The molecule has 0 aromatic heterocycles. The van der Waals surface area contributed by atoms with E-state index in [1.165, 1.54) is 6.08 Å². The quantitative estimate of drug-likeness (QED) is 0.507. The molecular formula is C12H20O4. The zero-order chi connectivity index (χ0) is 12.0. The first-order valence-corrected chi connectivity index (χ1v) is 5.84. The molecule has 0 aliphatic carbocycles. The van der Waals surface area contributed by atoms with Crippen molar-refractivity contribution in [2.24, 2.45) is 0 Å². The lowest BCUT2D eigenvalue weighted by molar-refractivity contribution is -0.142. The van der Waals surface area contributed by atoms with Crippen LogP contribution < -0.4 is 0 Å². The molecule has 92 valence electrons. The lowest BCUT2D eigenvalue weighted by Crippen LogP contribution is -2.25. The third-order valence-electron chi connectivity index (χ3n) is 2.68. The van der Waals surface area contributed by atoms with E-state index in [-0.39, 0.29) is 12.1 Å². The van der Waals surface area contributed by atoms with E-state index in [4.69, 9.17) is 9.84 Å². The van der Waals surface area contributed by atoms with Crippen LogP contribution in [0, 0.1) is 0 Å². The first-order valence-electron chi connectivity index (χ1n) is 5.84. The summed E-state index contributed by atoms with van der Waals surface area (Å²) in [4.78, 5) is 10.8. The number of ether oxygens (including phenoxy) is 1. The molecule has 4 heteroatoms. The predicted octanol–water partition coefficient (Wildman–Crippen LogP) is 1.16. The summed E-state index contributed by atoms with van der Waals surface area (Å²) in [7, 11) is 0. The zero-order valence-electron chi connectivity index (χ0n) is 9.63. The van der Waals surface area contributed by atoms with Gasteiger partial charge in [0.05, 0.1) is 12.2 Å². The van der Waals surface area contributed by atoms with Gasteiger partial charge in [0, 0.05) is 6.08 Å². The average Bonchev–Trinajstić information content (AvgIpc) is 2.63. The number of esters is 1. The van der Waals surface area contributed by atoms with Crippen molar-refractivity contribution in [1.29, 1.82) is 0 Å². The molecule has 0 radical (unpaired) electrons. The molecule has 1 aliphatic rings. The van der Waals surface area contributed by atoms with Gasteiger partial charge < -0.3 is 14.9 Å². The van der Waals surface area contributed by atoms with E-state index in [2.05, 4.69) is 0 Å². The van der Waals surface area contributed by atoms with Gasteiger partial charge in [-0.2, -0.15) is 0 Å². The molecule has 0 amide bonds. The van der Waals surface area contributed by atoms with Gasteiger partial charge in [-0.1, -0.05) is 19.3 Å². The summed E-state index contributed by atoms with van der Waals surface area (Å²) in [6.07, 6.45) is 5.88. The molecule has 4 nitrogen and oxygen atoms in total. The largest absolute Gasteiger partial charge is 0.452 e. The first-order chi connectivity index (χ1) is 7.59. The molecule has 0 fully saturated rings. The van der Waals surface area contributed by atoms with Crippen LogP contribution in [0.5, 0.6) is 0 Å². The molecular weight excluding hydrogens is 208 g/mol. The Balaban J connectivity index is 2.04. The molecule has 16 heavy (non-hydrogen) atoms. The third-order valence-corrected chi connectivity index (χ3v) is 2.68. The highest BCUT2D eigenvalue weighted by molar-refractivity contribution is 5.84. The van der Waals surface area contributed by atoms with Crippen molar-refractivity contribution in [3.05, 3.63) is 12.2 Å². The van der Waals surface area contributed by atoms with Gasteiger partial charge in [-0.25, -0.2) is 4.79 Å². The van der Waals surface area contributed by atoms with E-state index >= 15 is 0 Å². The molecule has 1 rings (SSSR count). The maximum Gasteiger partial charge on any atom is 0.331 e. The Kier molecular flexibility index (Phi) is 5.49. The SMILES string of the molecule is C[C@@H](O)CCCCC[C@H](O)[C@@H]1C=CC(=O)O1. The summed E-state index contributed by atoms with van der Waals surface area (Å²) < 4.78 is 4.88. The maximum atomic E-state index is 10.8. The number of unbranched alkanes of at least 4 members (excludes halogenated alkanes) is 2. The van der Waals surface area contributed by atoms with Gasteiger partial charge in [-0.3, -0.25) is 0 Å². The highest BCUT2D eigenvalue weighted by Crippen LogP contribution is 2.15. The Morgan fingerprint density at radius 1 is 1.31 bits per heavy atom. The Morgan fingerprint density at radius 2 is 2.00 bits per heavy atom. The fourth-order valence-corrected chi connectivity index (χ4v) is 1.73. The smallest absolute Gasteiger partial charge is 0.331 e. The lowest BCUT2D eigenvalue weighted by Gasteiger charge is -2.15. The van der Waals surface area contributed by atoms with Crippen LogP contribution >= 0.6 is 0 Å². The summed E-state index contributed by atoms with van der Waals surface area (Å²) >= 11 is 0. The summed E-state index contributed by atoms with van der Waals surface area (Å²) in [6.45, 7) is 1.78. The molecule has 0 saturated carbocycles. The Morgan fingerprint density at radius 3 is 2.56 bits per heavy atom. The molecule has 1 heterocycles. The average molecular weight is 228 g/mol. The van der Waals surface area contributed by atoms with Crippen LogP contribution in [0.1, 0.15) is 39.0 Å². The van der Waals surface area contributed by atoms with Gasteiger partial charge in [-0.05, 0) is 25.8 Å². The topological polar surface area (TPSA) is 66.8 Å². The van der Waals surface area contributed by atoms with Crippen LogP contribution in [0.3, 0.4) is 0 Å². The zero-order valence-corrected chi connectivity index (χ0v) is 9.63. The number of carbonyl (C=O) groups is 1. The molecule has 0 bridgehead atoms. The maximum absolute atomic E-state index is 10.8. The van der Waals surface area contributed by atoms with E-state index in [1.807, 2.05) is 0 Å². The standard InChI is InChI=1S/C12H20O4/c1-9(13)5-3-2-4-6-10(14)11-7-8-12(15)16-11/h7-11,13-14H,2-6H2,1H3/t9-,10+,11+/m1/s1. The van der Waals surface area contributed by atoms with Crippen LogP contribution in [0.15, 0.2) is 12.2 Å². The van der Waals surface area contributed by atoms with Crippen LogP contribution in [0.4, 0.5) is 0 Å². The van der Waals surface area contributed by atoms with Gasteiger partial charge in [0.25, 0.3) is 0 Å². The van der Waals surface area contributed by atoms with Crippen LogP contribution in [0.25, 0.3) is 0 Å². The Labute approximate surface area is 95.9 Å². The molecule has 0 unspecified atom stereocenters. The lowest BCUT2D eigenvalue weighted by atomic mass is 10.0. The van der Waals surface area contributed by atoms with Crippen LogP contribution in [-0.4, -0.2) is 34.5 Å². The number of aliphatic hydroxyl groups excluding tert-OH is 2. The van der Waals surface area contributed by atoms with Crippen molar-refractivity contribution in [2.45, 2.75) is 57.3 Å². The first kappa shape index (κ1) is 13.2.